The van der Waals surface area contributed by atoms with E-state index in [9.17, 15) is 8.42 Å². The minimum absolute atomic E-state index is 0.0303. The fourth-order valence-electron chi connectivity index (χ4n) is 2.21. The second kappa shape index (κ2) is 6.27. The van der Waals surface area contributed by atoms with E-state index in [4.69, 9.17) is 5.53 Å². The number of sulfone groups is 1. The second-order valence-corrected chi connectivity index (χ2v) is 7.35. The molecular formula is C16H18N3O2S. The van der Waals surface area contributed by atoms with Gasteiger partial charge in [0.05, 0.1) is 10.6 Å². The van der Waals surface area contributed by atoms with Crippen molar-refractivity contribution in [3.8, 4) is 0 Å². The molecule has 0 bridgehead atoms. The largest absolute Gasteiger partial charge is 0.378 e. The summed E-state index contributed by atoms with van der Waals surface area (Å²) in [4.78, 5) is 1.83. The molecule has 0 unspecified atom stereocenters. The molecule has 0 atom stereocenters. The number of nitrogens with zero attached hydrogens (tertiary/aromatic N) is 3. The molecule has 0 amide bonds. The molecule has 0 aliphatic heterocycles. The van der Waals surface area contributed by atoms with Crippen LogP contribution in [-0.4, -0.2) is 22.5 Å². The molecule has 22 heavy (non-hydrogen) atoms. The molecule has 5 nitrogen and oxygen atoms in total. The van der Waals surface area contributed by atoms with Gasteiger partial charge in [-0.05, 0) is 36.2 Å². The van der Waals surface area contributed by atoms with Gasteiger partial charge in [0.1, 0.15) is 5.69 Å². The first-order chi connectivity index (χ1) is 10.3. The summed E-state index contributed by atoms with van der Waals surface area (Å²) in [7, 11) is 0.0337. The highest BCUT2D eigenvalue weighted by Crippen LogP contribution is 2.30. The predicted molar refractivity (Wildman–Crippen MR) is 87.1 cm³/mol. The summed E-state index contributed by atoms with van der Waals surface area (Å²) in [6.07, 6.45) is 0. The van der Waals surface area contributed by atoms with E-state index < -0.39 is 9.84 Å². The fraction of sp³-hybridized carbons (Fsp3) is 0.250. The zero-order valence-corrected chi connectivity index (χ0v) is 13.6. The molecule has 2 rings (SSSR count). The van der Waals surface area contributed by atoms with Crippen molar-refractivity contribution in [1.29, 1.82) is 0 Å². The fourth-order valence-corrected chi connectivity index (χ4v) is 3.71. The van der Waals surface area contributed by atoms with Crippen LogP contribution in [0.4, 0.5) is 11.4 Å². The number of hydrogen-bond acceptors (Lipinski definition) is 4. The summed E-state index contributed by atoms with van der Waals surface area (Å²) >= 11 is 0. The van der Waals surface area contributed by atoms with E-state index in [-0.39, 0.29) is 16.3 Å². The van der Waals surface area contributed by atoms with Crippen LogP contribution in [0.5, 0.6) is 0 Å². The Morgan fingerprint density at radius 1 is 1.14 bits per heavy atom. The molecule has 6 heteroatoms. The van der Waals surface area contributed by atoms with Crippen molar-refractivity contribution in [3.63, 3.8) is 0 Å². The van der Waals surface area contributed by atoms with E-state index in [0.29, 0.717) is 5.56 Å². The number of anilines is 1. The zero-order valence-electron chi connectivity index (χ0n) is 12.8. The number of aryl methyl sites for hydroxylation is 1. The van der Waals surface area contributed by atoms with Gasteiger partial charge >= 0.3 is 0 Å². The van der Waals surface area contributed by atoms with E-state index >= 15 is 0 Å². The molecule has 0 aliphatic carbocycles. The highest BCUT2D eigenvalue weighted by atomic mass is 32.2. The number of hydrogen-bond donors (Lipinski definition) is 0. The Bertz CT molecular complexity index is 799. The Morgan fingerprint density at radius 2 is 1.86 bits per heavy atom. The van der Waals surface area contributed by atoms with Crippen molar-refractivity contribution in [2.45, 2.75) is 17.6 Å². The van der Waals surface area contributed by atoms with Gasteiger partial charge in [0, 0.05) is 19.8 Å². The van der Waals surface area contributed by atoms with Crippen LogP contribution in [0.2, 0.25) is 0 Å². The maximum atomic E-state index is 12.7. The van der Waals surface area contributed by atoms with Crippen LogP contribution in [0, 0.1) is 6.92 Å². The normalized spacial score (nSPS) is 11.2. The summed E-state index contributed by atoms with van der Waals surface area (Å²) in [5.41, 5.74) is 11.6. The Hall–Kier alpha value is -2.21. The molecule has 1 radical (unpaired) electrons. The highest BCUT2D eigenvalue weighted by molar-refractivity contribution is 7.90. The first-order valence-electron chi connectivity index (χ1n) is 6.78. The molecule has 0 saturated carbocycles. The Labute approximate surface area is 131 Å². The summed E-state index contributed by atoms with van der Waals surface area (Å²) < 4.78 is 25.4. The molecule has 2 aromatic rings. The molecule has 0 aromatic heterocycles. The highest BCUT2D eigenvalue weighted by Gasteiger charge is 2.21. The third kappa shape index (κ3) is 3.51. The van der Waals surface area contributed by atoms with Crippen LogP contribution >= 0.6 is 0 Å². The maximum Gasteiger partial charge on any atom is 0.184 e. The molecular weight excluding hydrogens is 298 g/mol. The molecule has 0 heterocycles. The van der Waals surface area contributed by atoms with Crippen molar-refractivity contribution < 1.29 is 8.42 Å². The monoisotopic (exact) mass is 316 g/mol. The van der Waals surface area contributed by atoms with Gasteiger partial charge in [0.25, 0.3) is 0 Å². The third-order valence-electron chi connectivity index (χ3n) is 3.34. The van der Waals surface area contributed by atoms with Crippen molar-refractivity contribution >= 4 is 21.2 Å². The van der Waals surface area contributed by atoms with Crippen molar-refractivity contribution in [2.75, 3.05) is 19.0 Å². The van der Waals surface area contributed by atoms with Gasteiger partial charge in [-0.2, -0.15) is 0 Å². The summed E-state index contributed by atoms with van der Waals surface area (Å²) in [5.74, 6) is -0.131. The molecule has 0 spiro atoms. The van der Waals surface area contributed by atoms with Gasteiger partial charge < -0.3 is 4.90 Å². The number of benzene rings is 2. The van der Waals surface area contributed by atoms with E-state index in [1.54, 1.807) is 17.0 Å². The SMILES string of the molecule is Cc1cccc(CS(=O)(=O)c2cc(N(C)C)ccc2N=[N])c1. The number of rotatable bonds is 5. The average Bonchev–Trinajstić information content (AvgIpc) is 2.46. The third-order valence-corrected chi connectivity index (χ3v) is 5.05. The van der Waals surface area contributed by atoms with Gasteiger partial charge in [-0.15, -0.1) is 5.11 Å². The lowest BCUT2D eigenvalue weighted by molar-refractivity contribution is 0.595. The van der Waals surface area contributed by atoms with E-state index in [2.05, 4.69) is 5.11 Å². The predicted octanol–water partition coefficient (Wildman–Crippen LogP) is 2.92. The van der Waals surface area contributed by atoms with Crippen molar-refractivity contribution in [2.24, 2.45) is 5.11 Å². The lowest BCUT2D eigenvalue weighted by Crippen LogP contribution is -2.11. The Morgan fingerprint density at radius 3 is 2.45 bits per heavy atom. The maximum absolute atomic E-state index is 12.7. The smallest absolute Gasteiger partial charge is 0.184 e. The molecule has 0 N–H and O–H groups in total. The molecule has 0 aliphatic rings. The van der Waals surface area contributed by atoms with E-state index in [1.807, 2.05) is 39.2 Å². The van der Waals surface area contributed by atoms with Gasteiger partial charge in [-0.25, -0.2) is 8.42 Å². The van der Waals surface area contributed by atoms with Gasteiger partial charge in [0.15, 0.2) is 9.84 Å². The van der Waals surface area contributed by atoms with Crippen LogP contribution in [0.15, 0.2) is 52.5 Å². The van der Waals surface area contributed by atoms with Crippen LogP contribution in [0.25, 0.3) is 0 Å². The molecule has 0 saturated heterocycles. The summed E-state index contributed by atoms with van der Waals surface area (Å²) in [6.45, 7) is 1.91. The summed E-state index contributed by atoms with van der Waals surface area (Å²) in [6, 6.07) is 12.1. The topological polar surface area (TPSA) is 72.0 Å². The van der Waals surface area contributed by atoms with E-state index in [0.717, 1.165) is 11.3 Å². The lowest BCUT2D eigenvalue weighted by atomic mass is 10.2. The minimum Gasteiger partial charge on any atom is -0.378 e. The quantitative estimate of drug-likeness (QED) is 0.796. The Kier molecular flexibility index (Phi) is 4.61. The van der Waals surface area contributed by atoms with Crippen LogP contribution in [0.3, 0.4) is 0 Å². The second-order valence-electron chi connectivity index (χ2n) is 5.39. The van der Waals surface area contributed by atoms with Crippen LogP contribution < -0.4 is 10.4 Å². The van der Waals surface area contributed by atoms with E-state index in [1.165, 1.54) is 12.1 Å². The lowest BCUT2D eigenvalue weighted by Gasteiger charge is -2.15. The average molecular weight is 316 g/mol. The van der Waals surface area contributed by atoms with Gasteiger partial charge in [-0.1, -0.05) is 29.8 Å². The molecule has 0 fully saturated rings. The van der Waals surface area contributed by atoms with Crippen LogP contribution in [-0.2, 0) is 15.6 Å². The summed E-state index contributed by atoms with van der Waals surface area (Å²) in [5, 5.41) is 3.10. The standard InChI is InChI=1S/C16H18N3O2S/c1-12-5-4-6-13(9-12)11-22(20,21)16-10-14(19(2)3)7-8-15(16)18-17/h4-10H,11H2,1-3H3. The Balaban J connectivity index is 2.48. The minimum atomic E-state index is -3.61. The van der Waals surface area contributed by atoms with Crippen molar-refractivity contribution in [1.82, 2.24) is 5.53 Å². The van der Waals surface area contributed by atoms with Crippen molar-refractivity contribution in [3.05, 3.63) is 53.6 Å². The first-order valence-corrected chi connectivity index (χ1v) is 8.43. The molecule has 115 valence electrons. The van der Waals surface area contributed by atoms with Gasteiger partial charge in [-0.3, -0.25) is 0 Å². The van der Waals surface area contributed by atoms with Gasteiger partial charge in [0.2, 0.25) is 0 Å². The zero-order chi connectivity index (χ0) is 16.3. The first kappa shape index (κ1) is 16.2. The molecule has 2 aromatic carbocycles. The van der Waals surface area contributed by atoms with Crippen LogP contribution in [0.1, 0.15) is 11.1 Å².